The van der Waals surface area contributed by atoms with Gasteiger partial charge in [-0.1, -0.05) is 18.5 Å². The number of nitrogens with zero attached hydrogens (tertiary/aromatic N) is 2. The van der Waals surface area contributed by atoms with Gasteiger partial charge in [-0.05, 0) is 24.8 Å². The summed E-state index contributed by atoms with van der Waals surface area (Å²) in [4.78, 5) is 24.2. The molecule has 1 atom stereocenters. The van der Waals surface area contributed by atoms with Crippen LogP contribution >= 0.6 is 11.6 Å². The zero-order valence-electron chi connectivity index (χ0n) is 10.6. The van der Waals surface area contributed by atoms with Crippen LogP contribution in [0.3, 0.4) is 0 Å². The molecule has 19 heavy (non-hydrogen) atoms. The molecule has 0 spiro atoms. The van der Waals surface area contributed by atoms with E-state index >= 15 is 0 Å². The second-order valence-corrected chi connectivity index (χ2v) is 5.33. The Kier molecular flexibility index (Phi) is 4.04. The predicted molar refractivity (Wildman–Crippen MR) is 72.4 cm³/mol. The van der Waals surface area contributed by atoms with Gasteiger partial charge in [0.2, 0.25) is 0 Å². The van der Waals surface area contributed by atoms with E-state index in [1.807, 2.05) is 0 Å². The molecule has 1 aliphatic heterocycles. The Bertz CT molecular complexity index is 519. The minimum absolute atomic E-state index is 0.103. The lowest BCUT2D eigenvalue weighted by Crippen LogP contribution is -2.39. The molecule has 2 rings (SSSR count). The number of halogens is 1. The molecule has 1 heterocycles. The number of carbonyl (C=O) groups is 1. The fourth-order valence-electron chi connectivity index (χ4n) is 2.34. The van der Waals surface area contributed by atoms with Crippen molar-refractivity contribution in [3.8, 4) is 0 Å². The Balaban J connectivity index is 2.21. The number of amides is 1. The van der Waals surface area contributed by atoms with E-state index in [9.17, 15) is 14.9 Å². The van der Waals surface area contributed by atoms with Crippen LogP contribution in [-0.4, -0.2) is 28.8 Å². The monoisotopic (exact) mass is 282 g/mol. The van der Waals surface area contributed by atoms with Crippen molar-refractivity contribution in [2.75, 3.05) is 13.1 Å². The van der Waals surface area contributed by atoms with Crippen LogP contribution in [0.4, 0.5) is 5.69 Å². The number of benzene rings is 1. The third-order valence-corrected chi connectivity index (χ3v) is 3.65. The first-order valence-electron chi connectivity index (χ1n) is 6.22. The number of nitro groups is 1. The fraction of sp³-hybridized carbons (Fsp3) is 0.462. The minimum atomic E-state index is -0.525. The summed E-state index contributed by atoms with van der Waals surface area (Å²) >= 11 is 5.97. The molecule has 1 unspecified atom stereocenters. The zero-order chi connectivity index (χ0) is 14.0. The van der Waals surface area contributed by atoms with E-state index in [0.29, 0.717) is 18.0 Å². The predicted octanol–water partition coefficient (Wildman–Crippen LogP) is 3.12. The van der Waals surface area contributed by atoms with Gasteiger partial charge < -0.3 is 4.90 Å². The Morgan fingerprint density at radius 2 is 2.26 bits per heavy atom. The van der Waals surface area contributed by atoms with E-state index in [1.165, 1.54) is 18.2 Å². The van der Waals surface area contributed by atoms with E-state index < -0.39 is 4.92 Å². The molecule has 1 aromatic rings. The Morgan fingerprint density at radius 3 is 2.84 bits per heavy atom. The molecule has 0 aromatic heterocycles. The van der Waals surface area contributed by atoms with E-state index in [2.05, 4.69) is 6.92 Å². The number of piperidine rings is 1. The number of carbonyl (C=O) groups excluding carboxylic acids is 1. The van der Waals surface area contributed by atoms with Crippen molar-refractivity contribution in [3.05, 3.63) is 38.9 Å². The van der Waals surface area contributed by atoms with E-state index in [1.54, 1.807) is 4.90 Å². The summed E-state index contributed by atoms with van der Waals surface area (Å²) in [6.07, 6.45) is 2.11. The first-order valence-corrected chi connectivity index (χ1v) is 6.60. The molecule has 0 saturated carbocycles. The maximum atomic E-state index is 12.3. The van der Waals surface area contributed by atoms with Crippen LogP contribution in [0.15, 0.2) is 18.2 Å². The molecule has 5 nitrogen and oxygen atoms in total. The highest BCUT2D eigenvalue weighted by Crippen LogP contribution is 2.25. The largest absolute Gasteiger partial charge is 0.338 e. The topological polar surface area (TPSA) is 63.5 Å². The van der Waals surface area contributed by atoms with Crippen LogP contribution in [0.2, 0.25) is 5.02 Å². The summed E-state index contributed by atoms with van der Waals surface area (Å²) in [7, 11) is 0. The molecule has 1 amide bonds. The van der Waals surface area contributed by atoms with Gasteiger partial charge in [0.1, 0.15) is 0 Å². The van der Waals surface area contributed by atoms with Gasteiger partial charge in [-0.3, -0.25) is 14.9 Å². The summed E-state index contributed by atoms with van der Waals surface area (Å²) in [5.74, 6) is 0.334. The van der Waals surface area contributed by atoms with Gasteiger partial charge in [-0.2, -0.15) is 0 Å². The van der Waals surface area contributed by atoms with Gasteiger partial charge in [-0.25, -0.2) is 0 Å². The van der Waals surface area contributed by atoms with Gasteiger partial charge in [0, 0.05) is 25.2 Å². The lowest BCUT2D eigenvalue weighted by atomic mass is 9.99. The summed E-state index contributed by atoms with van der Waals surface area (Å²) in [6, 6.07) is 3.97. The Morgan fingerprint density at radius 1 is 1.53 bits per heavy atom. The lowest BCUT2D eigenvalue weighted by Gasteiger charge is -2.31. The van der Waals surface area contributed by atoms with Gasteiger partial charge in [0.15, 0.2) is 0 Å². The second kappa shape index (κ2) is 5.57. The van der Waals surface area contributed by atoms with Crippen LogP contribution in [0.25, 0.3) is 0 Å². The van der Waals surface area contributed by atoms with E-state index in [0.717, 1.165) is 19.4 Å². The van der Waals surface area contributed by atoms with Gasteiger partial charge in [0.25, 0.3) is 11.6 Å². The van der Waals surface area contributed by atoms with Crippen molar-refractivity contribution in [3.63, 3.8) is 0 Å². The molecule has 1 saturated heterocycles. The second-order valence-electron chi connectivity index (χ2n) is 4.92. The van der Waals surface area contributed by atoms with Crippen LogP contribution in [-0.2, 0) is 0 Å². The zero-order valence-corrected chi connectivity index (χ0v) is 11.4. The molecular formula is C13H15ClN2O3. The number of non-ortho nitro benzene ring substituents is 1. The molecule has 1 aromatic carbocycles. The van der Waals surface area contributed by atoms with Crippen molar-refractivity contribution in [1.29, 1.82) is 0 Å². The van der Waals surface area contributed by atoms with Crippen molar-refractivity contribution in [1.82, 2.24) is 4.90 Å². The quantitative estimate of drug-likeness (QED) is 0.618. The van der Waals surface area contributed by atoms with E-state index in [4.69, 9.17) is 11.6 Å². The van der Waals surface area contributed by atoms with Crippen LogP contribution in [0.5, 0.6) is 0 Å². The van der Waals surface area contributed by atoms with Gasteiger partial charge >= 0.3 is 0 Å². The van der Waals surface area contributed by atoms with Crippen molar-refractivity contribution in [2.45, 2.75) is 19.8 Å². The summed E-state index contributed by atoms with van der Waals surface area (Å²) in [6.45, 7) is 3.54. The maximum Gasteiger partial charge on any atom is 0.270 e. The molecule has 0 aliphatic carbocycles. The van der Waals surface area contributed by atoms with Crippen molar-refractivity contribution < 1.29 is 9.72 Å². The molecule has 0 bridgehead atoms. The Labute approximate surface area is 116 Å². The normalized spacial score (nSPS) is 19.3. The molecule has 0 N–H and O–H groups in total. The van der Waals surface area contributed by atoms with Crippen LogP contribution in [0, 0.1) is 16.0 Å². The first kappa shape index (κ1) is 13.8. The number of hydrogen-bond acceptors (Lipinski definition) is 3. The fourth-order valence-corrected chi connectivity index (χ4v) is 2.59. The first-order chi connectivity index (χ1) is 8.99. The summed E-state index contributed by atoms with van der Waals surface area (Å²) in [5, 5.41) is 10.8. The minimum Gasteiger partial charge on any atom is -0.338 e. The van der Waals surface area contributed by atoms with Crippen LogP contribution in [0.1, 0.15) is 30.1 Å². The number of hydrogen-bond donors (Lipinski definition) is 0. The summed E-state index contributed by atoms with van der Waals surface area (Å²) < 4.78 is 0. The molecule has 102 valence electrons. The average Bonchev–Trinajstić information content (AvgIpc) is 2.37. The van der Waals surface area contributed by atoms with Crippen molar-refractivity contribution in [2.24, 2.45) is 5.92 Å². The third-order valence-electron chi connectivity index (χ3n) is 3.34. The lowest BCUT2D eigenvalue weighted by molar-refractivity contribution is -0.384. The number of nitro benzene ring substituents is 1. The highest BCUT2D eigenvalue weighted by Gasteiger charge is 2.24. The smallest absolute Gasteiger partial charge is 0.270 e. The Hall–Kier alpha value is -1.62. The molecule has 6 heteroatoms. The van der Waals surface area contributed by atoms with E-state index in [-0.39, 0.29) is 16.6 Å². The van der Waals surface area contributed by atoms with Gasteiger partial charge in [-0.15, -0.1) is 0 Å². The van der Waals surface area contributed by atoms with Crippen molar-refractivity contribution >= 4 is 23.2 Å². The van der Waals surface area contributed by atoms with Gasteiger partial charge in [0.05, 0.1) is 15.5 Å². The highest BCUT2D eigenvalue weighted by atomic mass is 35.5. The SMILES string of the molecule is CC1CCCN(C(=O)c2ccc([N+](=O)[O-])cc2Cl)C1. The number of likely N-dealkylation sites (tertiary alicyclic amines) is 1. The molecule has 1 fully saturated rings. The molecule has 1 aliphatic rings. The highest BCUT2D eigenvalue weighted by molar-refractivity contribution is 6.34. The molecule has 0 radical (unpaired) electrons. The standard InChI is InChI=1S/C13H15ClN2O3/c1-9-3-2-6-15(8-9)13(17)11-5-4-10(16(18)19)7-12(11)14/h4-5,7,9H,2-3,6,8H2,1H3. The molecular weight excluding hydrogens is 268 g/mol. The third kappa shape index (κ3) is 3.04. The average molecular weight is 283 g/mol. The maximum absolute atomic E-state index is 12.3. The van der Waals surface area contributed by atoms with Crippen LogP contribution < -0.4 is 0 Å². The number of rotatable bonds is 2. The summed E-state index contributed by atoms with van der Waals surface area (Å²) in [5.41, 5.74) is 0.231.